The van der Waals surface area contributed by atoms with Crippen molar-refractivity contribution >= 4 is 40.0 Å². The van der Waals surface area contributed by atoms with E-state index in [4.69, 9.17) is 25.8 Å². The molecule has 3 rings (SSSR count). The third-order valence-corrected chi connectivity index (χ3v) is 6.34. The Balaban J connectivity index is 1.94. The van der Waals surface area contributed by atoms with Crippen LogP contribution in [0.3, 0.4) is 0 Å². The van der Waals surface area contributed by atoms with Gasteiger partial charge < -0.3 is 25.8 Å². The SMILES string of the molecule is CCOC(=O)c1sc(N)c(C(=O)OCC)c1CSc1nnc(-c2ccccc2OC)n1N. The molecule has 3 aromatic rings. The summed E-state index contributed by atoms with van der Waals surface area (Å²) in [7, 11) is 1.56. The van der Waals surface area contributed by atoms with Crippen LogP contribution in [-0.4, -0.2) is 47.1 Å². The molecule has 1 aromatic carbocycles. The van der Waals surface area contributed by atoms with E-state index in [2.05, 4.69) is 10.2 Å². The zero-order valence-corrected chi connectivity index (χ0v) is 19.4. The molecule has 12 heteroatoms. The van der Waals surface area contributed by atoms with Crippen molar-refractivity contribution in [1.82, 2.24) is 14.9 Å². The van der Waals surface area contributed by atoms with Crippen molar-refractivity contribution in [2.24, 2.45) is 0 Å². The van der Waals surface area contributed by atoms with Crippen LogP contribution < -0.4 is 16.3 Å². The molecule has 2 heterocycles. The Morgan fingerprint density at radius 1 is 1.12 bits per heavy atom. The first-order valence-electron chi connectivity index (χ1n) is 9.64. The lowest BCUT2D eigenvalue weighted by atomic mass is 10.1. The summed E-state index contributed by atoms with van der Waals surface area (Å²) in [5.74, 6) is 6.26. The summed E-state index contributed by atoms with van der Waals surface area (Å²) >= 11 is 2.19. The lowest BCUT2D eigenvalue weighted by molar-refractivity contribution is 0.0527. The van der Waals surface area contributed by atoms with Crippen LogP contribution in [0.1, 0.15) is 39.4 Å². The van der Waals surface area contributed by atoms with Gasteiger partial charge in [0.05, 0.1) is 31.5 Å². The monoisotopic (exact) mass is 477 g/mol. The number of carbonyl (C=O) groups excluding carboxylic acids is 2. The minimum Gasteiger partial charge on any atom is -0.496 e. The zero-order chi connectivity index (χ0) is 23.3. The molecule has 0 radical (unpaired) electrons. The number of aromatic nitrogens is 3. The number of thioether (sulfide) groups is 1. The Morgan fingerprint density at radius 3 is 2.50 bits per heavy atom. The van der Waals surface area contributed by atoms with Crippen molar-refractivity contribution in [3.05, 3.63) is 40.3 Å². The lowest BCUT2D eigenvalue weighted by Crippen LogP contribution is -2.13. The van der Waals surface area contributed by atoms with Crippen LogP contribution in [0.4, 0.5) is 5.00 Å². The van der Waals surface area contributed by atoms with E-state index in [1.54, 1.807) is 27.0 Å². The number of thiophene rings is 1. The van der Waals surface area contributed by atoms with Gasteiger partial charge in [-0.2, -0.15) is 0 Å². The molecule has 4 N–H and O–H groups in total. The molecule has 0 bridgehead atoms. The summed E-state index contributed by atoms with van der Waals surface area (Å²) < 4.78 is 16.9. The minimum atomic E-state index is -0.601. The van der Waals surface area contributed by atoms with Gasteiger partial charge in [-0.15, -0.1) is 21.5 Å². The summed E-state index contributed by atoms with van der Waals surface area (Å²) in [4.78, 5) is 25.2. The van der Waals surface area contributed by atoms with Crippen molar-refractivity contribution in [1.29, 1.82) is 0 Å². The van der Waals surface area contributed by atoms with E-state index in [9.17, 15) is 9.59 Å². The highest BCUT2D eigenvalue weighted by Gasteiger charge is 2.28. The maximum atomic E-state index is 12.5. The first-order valence-corrected chi connectivity index (χ1v) is 11.4. The van der Waals surface area contributed by atoms with Gasteiger partial charge in [0.15, 0.2) is 5.82 Å². The second-order valence-corrected chi connectivity index (χ2v) is 8.25. The van der Waals surface area contributed by atoms with Gasteiger partial charge in [0.25, 0.3) is 0 Å². The topological polar surface area (TPSA) is 145 Å². The second kappa shape index (κ2) is 10.4. The van der Waals surface area contributed by atoms with Crippen molar-refractivity contribution in [2.45, 2.75) is 24.8 Å². The van der Waals surface area contributed by atoms with E-state index in [1.807, 2.05) is 18.2 Å². The predicted octanol–water partition coefficient (Wildman–Crippen LogP) is 2.96. The van der Waals surface area contributed by atoms with Crippen molar-refractivity contribution in [3.63, 3.8) is 0 Å². The molecule has 32 heavy (non-hydrogen) atoms. The number of nitrogen functional groups attached to an aromatic ring is 2. The molecule has 0 saturated carbocycles. The number of rotatable bonds is 9. The quantitative estimate of drug-likeness (QED) is 0.268. The minimum absolute atomic E-state index is 0.153. The third-order valence-electron chi connectivity index (χ3n) is 4.33. The normalized spacial score (nSPS) is 10.7. The number of benzene rings is 1. The number of methoxy groups -OCH3 is 1. The van der Waals surface area contributed by atoms with Gasteiger partial charge in [-0.3, -0.25) is 0 Å². The molecule has 2 aromatic heterocycles. The van der Waals surface area contributed by atoms with Gasteiger partial charge in [-0.25, -0.2) is 14.3 Å². The number of anilines is 1. The smallest absolute Gasteiger partial charge is 0.348 e. The first kappa shape index (κ1) is 23.4. The summed E-state index contributed by atoms with van der Waals surface area (Å²) in [6, 6.07) is 7.29. The standard InChI is InChI=1S/C20H23N5O5S2/c1-4-29-18(26)14-12(15(32-16(14)21)19(27)30-5-2)10-31-20-24-23-17(25(20)22)11-8-6-7-9-13(11)28-3/h6-9H,4-5,10,21-22H2,1-3H3. The number of hydrogen-bond donors (Lipinski definition) is 2. The lowest BCUT2D eigenvalue weighted by Gasteiger charge is -2.09. The number of hydrogen-bond acceptors (Lipinski definition) is 11. The largest absolute Gasteiger partial charge is 0.496 e. The highest BCUT2D eigenvalue weighted by Crippen LogP contribution is 2.37. The number of ether oxygens (including phenoxy) is 3. The molecule has 170 valence electrons. The number of nitrogens with two attached hydrogens (primary N) is 2. The number of carbonyl (C=O) groups is 2. The summed E-state index contributed by atoms with van der Waals surface area (Å²) in [5, 5.41) is 8.88. The van der Waals surface area contributed by atoms with Gasteiger partial charge in [0, 0.05) is 11.3 Å². The Bertz CT molecular complexity index is 1130. The zero-order valence-electron chi connectivity index (χ0n) is 17.8. The molecule has 0 atom stereocenters. The van der Waals surface area contributed by atoms with Gasteiger partial charge in [0.2, 0.25) is 5.16 Å². The molecule has 0 unspecified atom stereocenters. The highest BCUT2D eigenvalue weighted by atomic mass is 32.2. The molecule has 0 aliphatic heterocycles. The number of nitrogens with zero attached hydrogens (tertiary/aromatic N) is 3. The van der Waals surface area contributed by atoms with Crippen molar-refractivity contribution < 1.29 is 23.8 Å². The van der Waals surface area contributed by atoms with Crippen LogP contribution >= 0.6 is 23.1 Å². The fourth-order valence-electron chi connectivity index (χ4n) is 2.94. The van der Waals surface area contributed by atoms with Crippen LogP contribution in [-0.2, 0) is 15.2 Å². The molecule has 10 nitrogen and oxygen atoms in total. The predicted molar refractivity (Wildman–Crippen MR) is 122 cm³/mol. The van der Waals surface area contributed by atoms with Crippen molar-refractivity contribution in [2.75, 3.05) is 31.9 Å². The molecule has 0 spiro atoms. The molecule has 0 aliphatic carbocycles. The number of para-hydroxylation sites is 1. The van der Waals surface area contributed by atoms with E-state index in [0.717, 1.165) is 11.3 Å². The molecule has 0 amide bonds. The van der Waals surface area contributed by atoms with Crippen LogP contribution in [0.2, 0.25) is 0 Å². The maximum absolute atomic E-state index is 12.5. The fourth-order valence-corrected chi connectivity index (χ4v) is 4.88. The summed E-state index contributed by atoms with van der Waals surface area (Å²) in [5.41, 5.74) is 7.29. The van der Waals surface area contributed by atoms with Crippen molar-refractivity contribution in [3.8, 4) is 17.1 Å². The molecule has 0 saturated heterocycles. The molecular weight excluding hydrogens is 454 g/mol. The second-order valence-electron chi connectivity index (χ2n) is 6.26. The van der Waals surface area contributed by atoms with Gasteiger partial charge in [-0.05, 0) is 26.0 Å². The van der Waals surface area contributed by atoms with Crippen LogP contribution in [0.15, 0.2) is 29.4 Å². The van der Waals surface area contributed by atoms with Gasteiger partial charge in [0.1, 0.15) is 15.6 Å². The highest BCUT2D eigenvalue weighted by molar-refractivity contribution is 7.98. The van der Waals surface area contributed by atoms with Gasteiger partial charge in [-0.1, -0.05) is 23.9 Å². The number of esters is 2. The van der Waals surface area contributed by atoms with E-state index >= 15 is 0 Å². The fraction of sp³-hybridized carbons (Fsp3) is 0.300. The third kappa shape index (κ3) is 4.65. The average molecular weight is 478 g/mol. The maximum Gasteiger partial charge on any atom is 0.348 e. The van der Waals surface area contributed by atoms with Gasteiger partial charge >= 0.3 is 11.9 Å². The summed E-state index contributed by atoms with van der Waals surface area (Å²) in [6.07, 6.45) is 0. The van der Waals surface area contributed by atoms with E-state index < -0.39 is 11.9 Å². The first-order chi connectivity index (χ1) is 15.4. The van der Waals surface area contributed by atoms with Crippen LogP contribution in [0, 0.1) is 0 Å². The Labute approximate surface area is 192 Å². The molecule has 0 fully saturated rings. The van der Waals surface area contributed by atoms with E-state index in [1.165, 1.54) is 16.4 Å². The van der Waals surface area contributed by atoms with E-state index in [0.29, 0.717) is 27.9 Å². The Morgan fingerprint density at radius 2 is 1.81 bits per heavy atom. The molecular formula is C20H23N5O5S2. The summed E-state index contributed by atoms with van der Waals surface area (Å²) in [6.45, 7) is 3.76. The average Bonchev–Trinajstić information content (AvgIpc) is 3.31. The molecule has 0 aliphatic rings. The van der Waals surface area contributed by atoms with Crippen LogP contribution in [0.5, 0.6) is 5.75 Å². The Hall–Kier alpha value is -3.25. The van der Waals surface area contributed by atoms with Crippen LogP contribution in [0.25, 0.3) is 11.4 Å². The van der Waals surface area contributed by atoms with E-state index in [-0.39, 0.29) is 34.4 Å². The Kier molecular flexibility index (Phi) is 7.59.